The van der Waals surface area contributed by atoms with Crippen molar-refractivity contribution in [3.8, 4) is 0 Å². The molecule has 138 valence electrons. The molecule has 2 heterocycles. The molecule has 1 N–H and O–H groups in total. The summed E-state index contributed by atoms with van der Waals surface area (Å²) in [5.74, 6) is -0.768. The van der Waals surface area contributed by atoms with Crippen LogP contribution in [0.4, 0.5) is 13.2 Å². The molecule has 6 nitrogen and oxygen atoms in total. The van der Waals surface area contributed by atoms with E-state index in [1.807, 2.05) is 0 Å². The van der Waals surface area contributed by atoms with E-state index in [4.69, 9.17) is 4.42 Å². The lowest BCUT2D eigenvalue weighted by Gasteiger charge is -2.20. The zero-order valence-electron chi connectivity index (χ0n) is 13.8. The van der Waals surface area contributed by atoms with Crippen LogP contribution < -0.4 is 5.32 Å². The Labute approximate surface area is 147 Å². The quantitative estimate of drug-likeness (QED) is 0.901. The topological polar surface area (TPSA) is 75.4 Å². The van der Waals surface area contributed by atoms with Gasteiger partial charge in [0.2, 0.25) is 11.7 Å². The van der Waals surface area contributed by atoms with Crippen LogP contribution >= 0.6 is 0 Å². The number of aryl methyl sites for hydroxylation is 1. The number of benzene rings is 1. The van der Waals surface area contributed by atoms with Crippen LogP contribution in [0.15, 0.2) is 35.1 Å². The molecule has 1 fully saturated rings. The van der Waals surface area contributed by atoms with Crippen LogP contribution in [0.1, 0.15) is 33.8 Å². The third kappa shape index (κ3) is 3.71. The van der Waals surface area contributed by atoms with Gasteiger partial charge in [-0.3, -0.25) is 9.59 Å². The van der Waals surface area contributed by atoms with E-state index in [1.54, 1.807) is 6.92 Å². The highest BCUT2D eigenvalue weighted by molar-refractivity contribution is 5.93. The lowest BCUT2D eigenvalue weighted by atomic mass is 10.1. The predicted octanol–water partition coefficient (Wildman–Crippen LogP) is 2.53. The minimum Gasteiger partial charge on any atom is -0.438 e. The predicted molar refractivity (Wildman–Crippen MR) is 84.0 cm³/mol. The molecule has 2 aromatic rings. The van der Waals surface area contributed by atoms with Crippen LogP contribution in [-0.2, 0) is 17.5 Å². The minimum atomic E-state index is -4.49. The Morgan fingerprint density at radius 3 is 2.77 bits per heavy atom. The number of oxazole rings is 1. The number of rotatable bonds is 4. The summed E-state index contributed by atoms with van der Waals surface area (Å²) in [7, 11) is 0. The lowest BCUT2D eigenvalue weighted by Crippen LogP contribution is -2.37. The Morgan fingerprint density at radius 2 is 2.12 bits per heavy atom. The maximum absolute atomic E-state index is 13.1. The summed E-state index contributed by atoms with van der Waals surface area (Å²) in [4.78, 5) is 29.4. The second-order valence-corrected chi connectivity index (χ2v) is 6.07. The number of alkyl halides is 3. The van der Waals surface area contributed by atoms with Crippen molar-refractivity contribution in [2.75, 3.05) is 6.54 Å². The van der Waals surface area contributed by atoms with E-state index in [0.29, 0.717) is 5.69 Å². The fraction of sp³-hybridized carbons (Fsp3) is 0.353. The zero-order valence-corrected chi connectivity index (χ0v) is 13.8. The first-order chi connectivity index (χ1) is 12.3. The molecule has 1 aliphatic rings. The van der Waals surface area contributed by atoms with E-state index in [0.717, 1.165) is 12.5 Å². The van der Waals surface area contributed by atoms with Gasteiger partial charge < -0.3 is 14.6 Å². The molecule has 9 heteroatoms. The van der Waals surface area contributed by atoms with Gasteiger partial charge in [-0.05, 0) is 18.6 Å². The lowest BCUT2D eigenvalue weighted by molar-refractivity contribution is -0.139. The standard InChI is InChI=1S/C17H16F3N3O3/c1-10-15(26-9-21-10)16(25)22-12-6-14(24)23(8-12)7-11-4-2-3-5-13(11)17(18,19)20/h2-5,9,12H,6-8H2,1H3,(H,22,25)/t12-/m0/s1. The molecule has 0 aliphatic carbocycles. The number of nitrogens with one attached hydrogen (secondary N) is 1. The van der Waals surface area contributed by atoms with Gasteiger partial charge in [-0.1, -0.05) is 18.2 Å². The van der Waals surface area contributed by atoms with Crippen molar-refractivity contribution in [2.45, 2.75) is 32.1 Å². The molecular weight excluding hydrogens is 351 g/mol. The van der Waals surface area contributed by atoms with E-state index in [2.05, 4.69) is 10.3 Å². The van der Waals surface area contributed by atoms with Crippen molar-refractivity contribution in [1.29, 1.82) is 0 Å². The highest BCUT2D eigenvalue weighted by atomic mass is 19.4. The maximum atomic E-state index is 13.1. The third-order valence-electron chi connectivity index (χ3n) is 4.19. The first kappa shape index (κ1) is 18.0. The zero-order chi connectivity index (χ0) is 18.9. The normalized spacial score (nSPS) is 17.6. The van der Waals surface area contributed by atoms with Crippen LogP contribution in [0.25, 0.3) is 0 Å². The van der Waals surface area contributed by atoms with Gasteiger partial charge in [-0.15, -0.1) is 0 Å². The number of hydrogen-bond donors (Lipinski definition) is 1. The van der Waals surface area contributed by atoms with Crippen molar-refractivity contribution < 1.29 is 27.2 Å². The molecule has 0 bridgehead atoms. The molecule has 1 atom stereocenters. The maximum Gasteiger partial charge on any atom is 0.416 e. The summed E-state index contributed by atoms with van der Waals surface area (Å²) in [5.41, 5.74) is -0.327. The van der Waals surface area contributed by atoms with E-state index < -0.39 is 23.7 Å². The average Bonchev–Trinajstić information content (AvgIpc) is 3.13. The van der Waals surface area contributed by atoms with Crippen molar-refractivity contribution >= 4 is 11.8 Å². The van der Waals surface area contributed by atoms with Crippen LogP contribution in [-0.4, -0.2) is 34.3 Å². The SMILES string of the molecule is Cc1ncoc1C(=O)N[C@H]1CC(=O)N(Cc2ccccc2C(F)(F)F)C1. The van der Waals surface area contributed by atoms with Crippen molar-refractivity contribution in [3.05, 3.63) is 53.2 Å². The summed E-state index contributed by atoms with van der Waals surface area (Å²) < 4.78 is 44.3. The number of aromatic nitrogens is 1. The molecule has 0 radical (unpaired) electrons. The molecule has 0 saturated carbocycles. The number of carbonyl (C=O) groups is 2. The Kier molecular flexibility index (Phi) is 4.71. The largest absolute Gasteiger partial charge is 0.438 e. The monoisotopic (exact) mass is 367 g/mol. The second-order valence-electron chi connectivity index (χ2n) is 6.07. The Morgan fingerprint density at radius 1 is 1.38 bits per heavy atom. The molecule has 0 spiro atoms. The summed E-state index contributed by atoms with van der Waals surface area (Å²) in [6.45, 7) is 1.57. The molecule has 1 aromatic carbocycles. The number of nitrogens with zero attached hydrogens (tertiary/aromatic N) is 2. The molecular formula is C17H16F3N3O3. The number of carbonyl (C=O) groups excluding carboxylic acids is 2. The number of halogens is 3. The van der Waals surface area contributed by atoms with Crippen molar-refractivity contribution in [1.82, 2.24) is 15.2 Å². The van der Waals surface area contributed by atoms with Crippen LogP contribution in [0, 0.1) is 6.92 Å². The van der Waals surface area contributed by atoms with Gasteiger partial charge in [-0.25, -0.2) is 4.98 Å². The number of hydrogen-bond acceptors (Lipinski definition) is 4. The first-order valence-corrected chi connectivity index (χ1v) is 7.89. The summed E-state index contributed by atoms with van der Waals surface area (Å²) in [6.07, 6.45) is -3.33. The fourth-order valence-electron chi connectivity index (χ4n) is 2.93. The smallest absolute Gasteiger partial charge is 0.416 e. The van der Waals surface area contributed by atoms with E-state index >= 15 is 0 Å². The van der Waals surface area contributed by atoms with E-state index in [9.17, 15) is 22.8 Å². The second kappa shape index (κ2) is 6.81. The van der Waals surface area contributed by atoms with Crippen molar-refractivity contribution in [3.63, 3.8) is 0 Å². The van der Waals surface area contributed by atoms with Gasteiger partial charge in [0.05, 0.1) is 17.3 Å². The highest BCUT2D eigenvalue weighted by Gasteiger charge is 2.36. The van der Waals surface area contributed by atoms with Gasteiger partial charge in [0.25, 0.3) is 5.91 Å². The van der Waals surface area contributed by atoms with Crippen LogP contribution in [0.5, 0.6) is 0 Å². The summed E-state index contributed by atoms with van der Waals surface area (Å²) in [6, 6.07) is 4.64. The summed E-state index contributed by atoms with van der Waals surface area (Å²) in [5, 5.41) is 2.66. The first-order valence-electron chi connectivity index (χ1n) is 7.89. The van der Waals surface area contributed by atoms with E-state index in [1.165, 1.54) is 23.1 Å². The highest BCUT2D eigenvalue weighted by Crippen LogP contribution is 2.32. The van der Waals surface area contributed by atoms with Gasteiger partial charge in [0.15, 0.2) is 6.39 Å². The Balaban J connectivity index is 1.68. The summed E-state index contributed by atoms with van der Waals surface area (Å²) >= 11 is 0. The molecule has 26 heavy (non-hydrogen) atoms. The molecule has 1 saturated heterocycles. The van der Waals surface area contributed by atoms with Gasteiger partial charge in [0.1, 0.15) is 0 Å². The molecule has 2 amide bonds. The molecule has 1 aliphatic heterocycles. The van der Waals surface area contributed by atoms with Gasteiger partial charge in [-0.2, -0.15) is 13.2 Å². The van der Waals surface area contributed by atoms with Gasteiger partial charge in [0, 0.05) is 19.5 Å². The van der Waals surface area contributed by atoms with Crippen molar-refractivity contribution in [2.24, 2.45) is 0 Å². The van der Waals surface area contributed by atoms with Crippen LogP contribution in [0.3, 0.4) is 0 Å². The average molecular weight is 367 g/mol. The number of likely N-dealkylation sites (tertiary alicyclic amines) is 1. The van der Waals surface area contributed by atoms with E-state index in [-0.39, 0.29) is 36.7 Å². The molecule has 1 aromatic heterocycles. The molecule has 0 unspecified atom stereocenters. The fourth-order valence-corrected chi connectivity index (χ4v) is 2.93. The van der Waals surface area contributed by atoms with Crippen LogP contribution in [0.2, 0.25) is 0 Å². The Bertz CT molecular complexity index is 832. The number of amides is 2. The molecule has 3 rings (SSSR count). The van der Waals surface area contributed by atoms with Gasteiger partial charge >= 0.3 is 6.18 Å². The minimum absolute atomic E-state index is 0.0198. The Hall–Kier alpha value is -2.84. The third-order valence-corrected chi connectivity index (χ3v) is 4.19.